The van der Waals surface area contributed by atoms with E-state index < -0.39 is 12.0 Å². The van der Waals surface area contributed by atoms with Gasteiger partial charge in [-0.15, -0.1) is 0 Å². The van der Waals surface area contributed by atoms with Gasteiger partial charge >= 0.3 is 5.97 Å². The van der Waals surface area contributed by atoms with E-state index in [4.69, 9.17) is 5.11 Å². The molecule has 13 heavy (non-hydrogen) atoms. The van der Waals surface area contributed by atoms with Crippen molar-refractivity contribution in [3.63, 3.8) is 0 Å². The molecule has 78 valence electrons. The first-order chi connectivity index (χ1) is 5.43. The van der Waals surface area contributed by atoms with E-state index in [2.05, 4.69) is 5.32 Å². The number of aliphatic carboxylic acids is 1. The molecule has 0 aromatic rings. The fourth-order valence-corrected chi connectivity index (χ4v) is 0.938. The van der Waals surface area contributed by atoms with Gasteiger partial charge in [-0.05, 0) is 12.3 Å². The van der Waals surface area contributed by atoms with Crippen LogP contribution in [0.25, 0.3) is 0 Å². The van der Waals surface area contributed by atoms with Crippen LogP contribution in [0.3, 0.4) is 0 Å². The van der Waals surface area contributed by atoms with Crippen molar-refractivity contribution in [3.05, 3.63) is 0 Å². The van der Waals surface area contributed by atoms with Crippen LogP contribution in [0.15, 0.2) is 0 Å². The molecule has 5 heteroatoms. The Morgan fingerprint density at radius 2 is 1.85 bits per heavy atom. The van der Waals surface area contributed by atoms with Crippen LogP contribution in [0, 0.1) is 5.92 Å². The van der Waals surface area contributed by atoms with Crippen molar-refractivity contribution in [1.82, 2.24) is 11.5 Å². The number of carboxylic acid groups (broad SMARTS) is 1. The van der Waals surface area contributed by atoms with Crippen LogP contribution in [-0.2, 0) is 9.59 Å². The summed E-state index contributed by atoms with van der Waals surface area (Å²) in [6.07, 6.45) is 0.467. The molecule has 1 amide bonds. The lowest BCUT2D eigenvalue weighted by atomic mass is 10.0. The Morgan fingerprint density at radius 3 is 2.08 bits per heavy atom. The Labute approximate surface area is 78.1 Å². The number of hydrogen-bond acceptors (Lipinski definition) is 3. The summed E-state index contributed by atoms with van der Waals surface area (Å²) in [7, 11) is 0. The SMILES string of the molecule is CC(=O)N[C@@H](CC(C)C)C(=O)O.N. The van der Waals surface area contributed by atoms with Crippen LogP contribution in [0.1, 0.15) is 27.2 Å². The number of carbonyl (C=O) groups is 2. The van der Waals surface area contributed by atoms with Crippen LogP contribution in [0.4, 0.5) is 0 Å². The largest absolute Gasteiger partial charge is 0.480 e. The molecule has 0 radical (unpaired) electrons. The molecule has 0 aromatic carbocycles. The number of hydrogen-bond donors (Lipinski definition) is 3. The molecule has 5 nitrogen and oxygen atoms in total. The maximum atomic E-state index is 10.6. The Kier molecular flexibility index (Phi) is 7.12. The van der Waals surface area contributed by atoms with Gasteiger partial charge in [-0.3, -0.25) is 4.79 Å². The number of amides is 1. The van der Waals surface area contributed by atoms with Crippen LogP contribution in [0.5, 0.6) is 0 Å². The average Bonchev–Trinajstić information content (AvgIpc) is 1.83. The Bertz CT molecular complexity index is 180. The second-order valence-corrected chi connectivity index (χ2v) is 3.22. The van der Waals surface area contributed by atoms with E-state index in [1.54, 1.807) is 0 Å². The fourth-order valence-electron chi connectivity index (χ4n) is 0.938. The summed E-state index contributed by atoms with van der Waals surface area (Å²) >= 11 is 0. The molecule has 0 saturated heterocycles. The third kappa shape index (κ3) is 7.27. The van der Waals surface area contributed by atoms with Gasteiger partial charge in [0.05, 0.1) is 0 Å². The minimum Gasteiger partial charge on any atom is -0.480 e. The molecular weight excluding hydrogens is 172 g/mol. The molecule has 0 spiro atoms. The molecule has 0 saturated carbocycles. The average molecular weight is 190 g/mol. The Hall–Kier alpha value is -1.10. The van der Waals surface area contributed by atoms with Gasteiger partial charge in [0, 0.05) is 6.92 Å². The predicted molar refractivity (Wildman–Crippen MR) is 49.7 cm³/mol. The summed E-state index contributed by atoms with van der Waals surface area (Å²) in [4.78, 5) is 21.1. The molecule has 0 aromatic heterocycles. The topological polar surface area (TPSA) is 101 Å². The zero-order valence-electron chi connectivity index (χ0n) is 8.33. The second kappa shape index (κ2) is 6.42. The lowest BCUT2D eigenvalue weighted by Crippen LogP contribution is -2.40. The van der Waals surface area contributed by atoms with Crippen molar-refractivity contribution in [2.24, 2.45) is 5.92 Å². The highest BCUT2D eigenvalue weighted by Gasteiger charge is 2.18. The first kappa shape index (κ1) is 14.4. The lowest BCUT2D eigenvalue weighted by molar-refractivity contribution is -0.142. The molecule has 1 atom stereocenters. The van der Waals surface area contributed by atoms with Gasteiger partial charge in [0.25, 0.3) is 0 Å². The molecule has 0 rings (SSSR count). The minimum atomic E-state index is -0.973. The number of nitrogens with one attached hydrogen (secondary N) is 1. The number of rotatable bonds is 4. The first-order valence-corrected chi connectivity index (χ1v) is 3.93. The van der Waals surface area contributed by atoms with Gasteiger partial charge in [0.1, 0.15) is 6.04 Å². The maximum Gasteiger partial charge on any atom is 0.326 e. The van der Waals surface area contributed by atoms with Crippen LogP contribution < -0.4 is 11.5 Å². The summed E-state index contributed by atoms with van der Waals surface area (Å²) in [5, 5.41) is 11.0. The maximum absolute atomic E-state index is 10.6. The smallest absolute Gasteiger partial charge is 0.326 e. The standard InChI is InChI=1S/C8H15NO3.H3N/c1-5(2)4-7(8(11)12)9-6(3)10;/h5,7H,4H2,1-3H3,(H,9,10)(H,11,12);1H3/t7-;/m0./s1. The second-order valence-electron chi connectivity index (χ2n) is 3.22. The molecular formula is C8H18N2O3. The van der Waals surface area contributed by atoms with Gasteiger partial charge in [-0.2, -0.15) is 0 Å². The zero-order chi connectivity index (χ0) is 9.72. The van der Waals surface area contributed by atoms with Crippen molar-refractivity contribution in [2.45, 2.75) is 33.2 Å². The van der Waals surface area contributed by atoms with Gasteiger partial charge < -0.3 is 16.6 Å². The number of carbonyl (C=O) groups excluding carboxylic acids is 1. The molecule has 0 aliphatic carbocycles. The summed E-state index contributed by atoms with van der Waals surface area (Å²) in [6.45, 7) is 5.14. The summed E-state index contributed by atoms with van der Waals surface area (Å²) in [6, 6.07) is -0.748. The molecule has 0 aliphatic rings. The third-order valence-corrected chi connectivity index (χ3v) is 1.38. The minimum absolute atomic E-state index is 0. The Morgan fingerprint density at radius 1 is 1.38 bits per heavy atom. The van der Waals surface area contributed by atoms with Crippen molar-refractivity contribution in [1.29, 1.82) is 0 Å². The fraction of sp³-hybridized carbons (Fsp3) is 0.750. The quantitative estimate of drug-likeness (QED) is 0.609. The third-order valence-electron chi connectivity index (χ3n) is 1.38. The van der Waals surface area contributed by atoms with E-state index in [0.717, 1.165) is 0 Å². The molecule has 0 aliphatic heterocycles. The number of carboxylic acids is 1. The highest BCUT2D eigenvalue weighted by atomic mass is 16.4. The summed E-state index contributed by atoms with van der Waals surface area (Å²) in [5.74, 6) is -1.01. The van der Waals surface area contributed by atoms with Crippen LogP contribution in [-0.4, -0.2) is 23.0 Å². The Balaban J connectivity index is 0. The van der Waals surface area contributed by atoms with E-state index in [-0.39, 0.29) is 18.0 Å². The van der Waals surface area contributed by atoms with Crippen molar-refractivity contribution in [2.75, 3.05) is 0 Å². The van der Waals surface area contributed by atoms with E-state index in [0.29, 0.717) is 6.42 Å². The van der Waals surface area contributed by atoms with Gasteiger partial charge in [-0.25, -0.2) is 4.79 Å². The molecule has 0 heterocycles. The van der Waals surface area contributed by atoms with Crippen LogP contribution >= 0.6 is 0 Å². The first-order valence-electron chi connectivity index (χ1n) is 3.93. The van der Waals surface area contributed by atoms with Gasteiger partial charge in [-0.1, -0.05) is 13.8 Å². The molecule has 0 fully saturated rings. The van der Waals surface area contributed by atoms with E-state index in [1.165, 1.54) is 6.92 Å². The zero-order valence-corrected chi connectivity index (χ0v) is 8.33. The van der Waals surface area contributed by atoms with E-state index in [9.17, 15) is 9.59 Å². The van der Waals surface area contributed by atoms with Crippen molar-refractivity contribution in [3.8, 4) is 0 Å². The highest BCUT2D eigenvalue weighted by molar-refractivity contribution is 5.81. The van der Waals surface area contributed by atoms with E-state index >= 15 is 0 Å². The molecule has 0 unspecified atom stereocenters. The predicted octanol–water partition coefficient (Wildman–Crippen LogP) is 0.784. The molecule has 0 bridgehead atoms. The van der Waals surface area contributed by atoms with Crippen molar-refractivity contribution >= 4 is 11.9 Å². The highest BCUT2D eigenvalue weighted by Crippen LogP contribution is 2.04. The van der Waals surface area contributed by atoms with Gasteiger partial charge in [0.2, 0.25) is 5.91 Å². The van der Waals surface area contributed by atoms with Crippen LogP contribution in [0.2, 0.25) is 0 Å². The van der Waals surface area contributed by atoms with E-state index in [1.807, 2.05) is 13.8 Å². The van der Waals surface area contributed by atoms with Gasteiger partial charge in [0.15, 0.2) is 0 Å². The normalized spacial score (nSPS) is 11.7. The van der Waals surface area contributed by atoms with Crippen molar-refractivity contribution < 1.29 is 14.7 Å². The lowest BCUT2D eigenvalue weighted by Gasteiger charge is -2.14. The summed E-state index contributed by atoms with van der Waals surface area (Å²) in [5.41, 5.74) is 0. The summed E-state index contributed by atoms with van der Waals surface area (Å²) < 4.78 is 0. The monoisotopic (exact) mass is 190 g/mol. The molecule has 5 N–H and O–H groups in total.